The first-order chi connectivity index (χ1) is 10.0. The van der Waals surface area contributed by atoms with Crippen LogP contribution in [0.15, 0.2) is 22.7 Å². The predicted octanol–water partition coefficient (Wildman–Crippen LogP) is 1.82. The fourth-order valence-corrected chi connectivity index (χ4v) is 1.99. The van der Waals surface area contributed by atoms with E-state index in [1.165, 1.54) is 4.90 Å². The Morgan fingerprint density at radius 2 is 2.19 bits per heavy atom. The van der Waals surface area contributed by atoms with E-state index < -0.39 is 0 Å². The van der Waals surface area contributed by atoms with Crippen molar-refractivity contribution < 1.29 is 9.53 Å². The Morgan fingerprint density at radius 3 is 2.86 bits per heavy atom. The first-order valence-electron chi connectivity index (χ1n) is 6.55. The average Bonchev–Trinajstić information content (AvgIpc) is 2.45. The molecular weight excluding hydrogens is 334 g/mol. The van der Waals surface area contributed by atoms with E-state index in [9.17, 15) is 4.79 Å². The van der Waals surface area contributed by atoms with Crippen LogP contribution in [0.2, 0.25) is 0 Å². The lowest BCUT2D eigenvalue weighted by Gasteiger charge is -2.13. The molecule has 0 radical (unpaired) electrons. The Morgan fingerprint density at radius 1 is 1.43 bits per heavy atom. The molecular formula is C15H20BrN3O2. The molecule has 1 aromatic rings. The number of urea groups is 1. The lowest BCUT2D eigenvalue weighted by atomic mass is 10.2. The third kappa shape index (κ3) is 6.52. The number of amides is 2. The fraction of sp³-hybridized carbons (Fsp3) is 0.400. The first kappa shape index (κ1) is 17.3. The first-order valence-corrected chi connectivity index (χ1v) is 7.34. The summed E-state index contributed by atoms with van der Waals surface area (Å²) in [4.78, 5) is 12.8. The zero-order valence-electron chi connectivity index (χ0n) is 12.3. The molecule has 0 atom stereocenters. The molecule has 6 heteroatoms. The van der Waals surface area contributed by atoms with Gasteiger partial charge in [0.2, 0.25) is 0 Å². The van der Waals surface area contributed by atoms with Gasteiger partial charge in [0.05, 0.1) is 0 Å². The molecule has 0 aliphatic rings. The van der Waals surface area contributed by atoms with Crippen molar-refractivity contribution in [1.82, 2.24) is 15.5 Å². The van der Waals surface area contributed by atoms with Gasteiger partial charge in [-0.1, -0.05) is 21.9 Å². The highest BCUT2D eigenvalue weighted by Crippen LogP contribution is 2.23. The molecule has 0 spiro atoms. The van der Waals surface area contributed by atoms with Crippen LogP contribution in [0, 0.1) is 12.3 Å². The Bertz CT molecular complexity index is 512. The monoisotopic (exact) mass is 353 g/mol. The van der Waals surface area contributed by atoms with Crippen LogP contribution in [0.4, 0.5) is 4.79 Å². The van der Waals surface area contributed by atoms with E-state index in [1.54, 1.807) is 14.1 Å². The molecule has 0 aromatic heterocycles. The Kier molecular flexibility index (Phi) is 7.65. The SMILES string of the molecule is C#CCOc1ccc(Br)cc1CNCCNC(=O)N(C)C. The number of nitrogens with zero attached hydrogens (tertiary/aromatic N) is 1. The molecule has 1 rings (SSSR count). The quantitative estimate of drug-likeness (QED) is 0.580. The summed E-state index contributed by atoms with van der Waals surface area (Å²) in [5.74, 6) is 3.22. The lowest BCUT2D eigenvalue weighted by Crippen LogP contribution is -2.38. The minimum absolute atomic E-state index is 0.0997. The summed E-state index contributed by atoms with van der Waals surface area (Å²) in [6, 6.07) is 5.67. The number of rotatable bonds is 7. The number of carbonyl (C=O) groups excluding carboxylic acids is 1. The van der Waals surface area contributed by atoms with Crippen LogP contribution in [-0.2, 0) is 6.54 Å². The maximum Gasteiger partial charge on any atom is 0.316 e. The van der Waals surface area contributed by atoms with E-state index in [2.05, 4.69) is 32.5 Å². The number of benzene rings is 1. The highest BCUT2D eigenvalue weighted by Gasteiger charge is 2.05. The Hall–Kier alpha value is -1.71. The third-order valence-electron chi connectivity index (χ3n) is 2.63. The Labute approximate surface area is 134 Å². The highest BCUT2D eigenvalue weighted by molar-refractivity contribution is 9.10. The van der Waals surface area contributed by atoms with E-state index in [1.807, 2.05) is 18.2 Å². The van der Waals surface area contributed by atoms with Crippen LogP contribution in [0.1, 0.15) is 5.56 Å². The van der Waals surface area contributed by atoms with Gasteiger partial charge in [0.1, 0.15) is 12.4 Å². The lowest BCUT2D eigenvalue weighted by molar-refractivity contribution is 0.217. The molecule has 0 saturated carbocycles. The molecule has 2 N–H and O–H groups in total. The molecule has 0 bridgehead atoms. The second-order valence-corrected chi connectivity index (χ2v) is 5.46. The zero-order valence-corrected chi connectivity index (χ0v) is 13.9. The van der Waals surface area contributed by atoms with Crippen molar-refractivity contribution in [3.05, 3.63) is 28.2 Å². The second kappa shape index (κ2) is 9.27. The molecule has 0 aliphatic heterocycles. The van der Waals surface area contributed by atoms with Gasteiger partial charge in [-0.25, -0.2) is 4.79 Å². The number of halogens is 1. The number of nitrogens with one attached hydrogen (secondary N) is 2. The zero-order chi connectivity index (χ0) is 15.7. The normalized spacial score (nSPS) is 9.81. The van der Waals surface area contributed by atoms with Gasteiger partial charge in [-0.15, -0.1) is 6.42 Å². The molecule has 0 unspecified atom stereocenters. The van der Waals surface area contributed by atoms with Gasteiger partial charge in [0.15, 0.2) is 0 Å². The van der Waals surface area contributed by atoms with E-state index >= 15 is 0 Å². The van der Waals surface area contributed by atoms with Gasteiger partial charge in [-0.2, -0.15) is 0 Å². The fourth-order valence-electron chi connectivity index (χ4n) is 1.59. The predicted molar refractivity (Wildman–Crippen MR) is 87.3 cm³/mol. The summed E-state index contributed by atoms with van der Waals surface area (Å²) >= 11 is 3.44. The molecule has 21 heavy (non-hydrogen) atoms. The number of carbonyl (C=O) groups is 1. The summed E-state index contributed by atoms with van der Waals surface area (Å²) in [6.45, 7) is 2.11. The van der Waals surface area contributed by atoms with Crippen molar-refractivity contribution >= 4 is 22.0 Å². The summed E-state index contributed by atoms with van der Waals surface area (Å²) < 4.78 is 6.47. The minimum atomic E-state index is -0.0997. The van der Waals surface area contributed by atoms with Crippen LogP contribution in [0.5, 0.6) is 5.75 Å². The van der Waals surface area contributed by atoms with Crippen molar-refractivity contribution in [2.24, 2.45) is 0 Å². The van der Waals surface area contributed by atoms with E-state index in [4.69, 9.17) is 11.2 Å². The van der Waals surface area contributed by atoms with E-state index in [-0.39, 0.29) is 12.6 Å². The molecule has 0 saturated heterocycles. The van der Waals surface area contributed by atoms with Crippen LogP contribution in [0.3, 0.4) is 0 Å². The van der Waals surface area contributed by atoms with Crippen molar-refractivity contribution in [3.63, 3.8) is 0 Å². The van der Waals surface area contributed by atoms with Crippen molar-refractivity contribution in [1.29, 1.82) is 0 Å². The van der Waals surface area contributed by atoms with Crippen molar-refractivity contribution in [3.8, 4) is 18.1 Å². The summed E-state index contributed by atoms with van der Waals surface area (Å²) in [5, 5.41) is 6.04. The summed E-state index contributed by atoms with van der Waals surface area (Å²) in [5.41, 5.74) is 1.01. The van der Waals surface area contributed by atoms with Gasteiger partial charge >= 0.3 is 6.03 Å². The highest BCUT2D eigenvalue weighted by atomic mass is 79.9. The van der Waals surface area contributed by atoms with Crippen LogP contribution >= 0.6 is 15.9 Å². The molecule has 5 nitrogen and oxygen atoms in total. The molecule has 1 aromatic carbocycles. The Balaban J connectivity index is 2.42. The van der Waals surface area contributed by atoms with Gasteiger partial charge < -0.3 is 20.3 Å². The van der Waals surface area contributed by atoms with Crippen LogP contribution < -0.4 is 15.4 Å². The summed E-state index contributed by atoms with van der Waals surface area (Å²) in [7, 11) is 3.42. The molecule has 0 fully saturated rings. The molecule has 0 aliphatic carbocycles. The standard InChI is InChI=1S/C15H20BrN3O2/c1-4-9-21-14-6-5-13(16)10-12(14)11-17-7-8-18-15(20)19(2)3/h1,5-6,10,17H,7-9,11H2,2-3H3,(H,18,20). The van der Waals surface area contributed by atoms with E-state index in [0.717, 1.165) is 15.8 Å². The van der Waals surface area contributed by atoms with Gasteiger partial charge in [-0.05, 0) is 18.2 Å². The second-order valence-electron chi connectivity index (χ2n) is 4.55. The summed E-state index contributed by atoms with van der Waals surface area (Å²) in [6.07, 6.45) is 5.20. The van der Waals surface area contributed by atoms with Crippen LogP contribution in [-0.4, -0.2) is 44.7 Å². The average molecular weight is 354 g/mol. The van der Waals surface area contributed by atoms with Crippen molar-refractivity contribution in [2.45, 2.75) is 6.54 Å². The molecule has 2 amide bonds. The minimum Gasteiger partial charge on any atom is -0.481 e. The maximum absolute atomic E-state index is 11.3. The van der Waals surface area contributed by atoms with Crippen LogP contribution in [0.25, 0.3) is 0 Å². The van der Waals surface area contributed by atoms with Gasteiger partial charge in [-0.3, -0.25) is 0 Å². The number of ether oxygens (including phenoxy) is 1. The molecule has 114 valence electrons. The third-order valence-corrected chi connectivity index (χ3v) is 3.13. The topological polar surface area (TPSA) is 53.6 Å². The largest absolute Gasteiger partial charge is 0.481 e. The van der Waals surface area contributed by atoms with Gasteiger partial charge in [0, 0.05) is 43.8 Å². The molecule has 0 heterocycles. The smallest absolute Gasteiger partial charge is 0.316 e. The maximum atomic E-state index is 11.3. The van der Waals surface area contributed by atoms with E-state index in [0.29, 0.717) is 19.6 Å². The van der Waals surface area contributed by atoms with Crippen molar-refractivity contribution in [2.75, 3.05) is 33.8 Å². The number of hydrogen-bond acceptors (Lipinski definition) is 3. The van der Waals surface area contributed by atoms with Gasteiger partial charge in [0.25, 0.3) is 0 Å². The number of hydrogen-bond donors (Lipinski definition) is 2. The number of terminal acetylenes is 1.